The Kier molecular flexibility index (Phi) is 8.65. The first-order chi connectivity index (χ1) is 8.36. The summed E-state index contributed by atoms with van der Waals surface area (Å²) in [5.74, 6) is -2.98. The fourth-order valence-corrected chi connectivity index (χ4v) is 1.56. The van der Waals surface area contributed by atoms with E-state index in [2.05, 4.69) is 4.90 Å². The number of carboxylic acid groups (broad SMARTS) is 2. The minimum Gasteiger partial charge on any atom is -0.473 e. The second-order valence-corrected chi connectivity index (χ2v) is 4.10. The van der Waals surface area contributed by atoms with Crippen LogP contribution in [0, 0.1) is 0 Å². The molecule has 0 radical (unpaired) electrons. The van der Waals surface area contributed by atoms with Gasteiger partial charge in [-0.25, -0.2) is 9.59 Å². The number of ether oxygens (including phenoxy) is 2. The van der Waals surface area contributed by atoms with Crippen molar-refractivity contribution in [2.24, 2.45) is 0 Å². The zero-order valence-corrected chi connectivity index (χ0v) is 11.1. The van der Waals surface area contributed by atoms with Gasteiger partial charge in [0, 0.05) is 19.0 Å². The number of halogens is 1. The lowest BCUT2D eigenvalue weighted by atomic mass is 10.3. The van der Waals surface area contributed by atoms with Crippen LogP contribution in [0.4, 0.5) is 0 Å². The Morgan fingerprint density at radius 1 is 1.39 bits per heavy atom. The van der Waals surface area contributed by atoms with Crippen LogP contribution in [0.5, 0.6) is 0 Å². The number of nitrogens with zero attached hydrogens (tertiary/aromatic N) is 1. The molecular formula is C10H18ClNO6. The number of aliphatic carboxylic acids is 2. The van der Waals surface area contributed by atoms with E-state index in [0.29, 0.717) is 12.5 Å². The van der Waals surface area contributed by atoms with Gasteiger partial charge < -0.3 is 24.6 Å². The standard InChI is InChI=1S/C8H16ClNO2.C2H2O4/c1-7-11-6-8(12-7)5-10(2)4-3-9;3-1(4)2(5)6/h7-8H,3-6H2,1-2H3;(H,3,4)(H,5,6)/t7-,8+;/m0./s1. The van der Waals surface area contributed by atoms with Crippen molar-refractivity contribution in [3.63, 3.8) is 0 Å². The van der Waals surface area contributed by atoms with Crippen LogP contribution < -0.4 is 0 Å². The molecule has 1 aliphatic rings. The number of rotatable bonds is 4. The normalized spacial score (nSPS) is 22.4. The minimum absolute atomic E-state index is 0.0422. The van der Waals surface area contributed by atoms with E-state index in [1.165, 1.54) is 0 Å². The van der Waals surface area contributed by atoms with Crippen LogP contribution in [0.3, 0.4) is 0 Å². The molecule has 0 bridgehead atoms. The maximum Gasteiger partial charge on any atom is 0.414 e. The predicted octanol–water partition coefficient (Wildman–Crippen LogP) is 0.0740. The summed E-state index contributed by atoms with van der Waals surface area (Å²) in [7, 11) is 2.04. The van der Waals surface area contributed by atoms with Crippen LogP contribution in [-0.2, 0) is 19.1 Å². The summed E-state index contributed by atoms with van der Waals surface area (Å²) >= 11 is 5.60. The van der Waals surface area contributed by atoms with Crippen molar-refractivity contribution >= 4 is 23.5 Å². The lowest BCUT2D eigenvalue weighted by Gasteiger charge is -2.18. The summed E-state index contributed by atoms with van der Waals surface area (Å²) in [6, 6.07) is 0. The molecule has 0 unspecified atom stereocenters. The quantitative estimate of drug-likeness (QED) is 0.557. The smallest absolute Gasteiger partial charge is 0.414 e. The average Bonchev–Trinajstić information content (AvgIpc) is 2.65. The van der Waals surface area contributed by atoms with Gasteiger partial charge >= 0.3 is 11.9 Å². The molecule has 1 rings (SSSR count). The minimum atomic E-state index is -1.82. The molecule has 0 aromatic heterocycles. The number of alkyl halides is 1. The van der Waals surface area contributed by atoms with E-state index in [1.54, 1.807) is 0 Å². The molecule has 106 valence electrons. The molecule has 1 heterocycles. The third-order valence-corrected chi connectivity index (χ3v) is 2.23. The molecule has 1 fully saturated rings. The topological polar surface area (TPSA) is 96.3 Å². The highest BCUT2D eigenvalue weighted by Gasteiger charge is 2.23. The van der Waals surface area contributed by atoms with Crippen molar-refractivity contribution in [2.45, 2.75) is 19.3 Å². The third kappa shape index (κ3) is 8.24. The highest BCUT2D eigenvalue weighted by Crippen LogP contribution is 2.11. The maximum absolute atomic E-state index is 9.10. The molecule has 8 heteroatoms. The lowest BCUT2D eigenvalue weighted by Crippen LogP contribution is -2.32. The molecule has 0 spiro atoms. The van der Waals surface area contributed by atoms with Gasteiger partial charge in [0.2, 0.25) is 0 Å². The average molecular weight is 284 g/mol. The van der Waals surface area contributed by atoms with Crippen molar-refractivity contribution in [1.82, 2.24) is 4.90 Å². The third-order valence-electron chi connectivity index (χ3n) is 2.07. The Hall–Kier alpha value is -0.890. The van der Waals surface area contributed by atoms with Crippen molar-refractivity contribution in [3.8, 4) is 0 Å². The van der Waals surface area contributed by atoms with Crippen LogP contribution in [0.1, 0.15) is 6.92 Å². The van der Waals surface area contributed by atoms with E-state index in [-0.39, 0.29) is 12.4 Å². The number of carboxylic acids is 2. The molecule has 0 saturated carbocycles. The molecule has 0 aliphatic carbocycles. The number of carbonyl (C=O) groups is 2. The van der Waals surface area contributed by atoms with Crippen LogP contribution in [0.15, 0.2) is 0 Å². The van der Waals surface area contributed by atoms with Gasteiger partial charge in [-0.15, -0.1) is 11.6 Å². The van der Waals surface area contributed by atoms with E-state index in [9.17, 15) is 0 Å². The first-order valence-corrected chi connectivity index (χ1v) is 5.88. The Morgan fingerprint density at radius 3 is 2.28 bits per heavy atom. The molecule has 1 aliphatic heterocycles. The molecule has 18 heavy (non-hydrogen) atoms. The summed E-state index contributed by atoms with van der Waals surface area (Å²) in [5.41, 5.74) is 0. The fourth-order valence-electron chi connectivity index (χ4n) is 1.27. The van der Waals surface area contributed by atoms with E-state index in [4.69, 9.17) is 40.9 Å². The zero-order chi connectivity index (χ0) is 14.1. The SMILES string of the molecule is C[C@H]1OC[C@@H](CN(C)CCCl)O1.O=C(O)C(=O)O. The maximum atomic E-state index is 9.10. The summed E-state index contributed by atoms with van der Waals surface area (Å²) in [5, 5.41) is 14.8. The predicted molar refractivity (Wildman–Crippen MR) is 63.8 cm³/mol. The Bertz CT molecular complexity index is 263. The first kappa shape index (κ1) is 17.1. The highest BCUT2D eigenvalue weighted by molar-refractivity contribution is 6.27. The van der Waals surface area contributed by atoms with Gasteiger partial charge in [-0.2, -0.15) is 0 Å². The molecule has 2 atom stereocenters. The zero-order valence-electron chi connectivity index (χ0n) is 10.3. The molecule has 0 aromatic carbocycles. The van der Waals surface area contributed by atoms with E-state index < -0.39 is 11.9 Å². The van der Waals surface area contributed by atoms with Crippen LogP contribution >= 0.6 is 11.6 Å². The Morgan fingerprint density at radius 2 is 1.94 bits per heavy atom. The van der Waals surface area contributed by atoms with Crippen LogP contribution in [0.25, 0.3) is 0 Å². The van der Waals surface area contributed by atoms with Crippen LogP contribution in [-0.4, -0.2) is 72.1 Å². The van der Waals surface area contributed by atoms with Gasteiger partial charge in [0.05, 0.1) is 12.7 Å². The summed E-state index contributed by atoms with van der Waals surface area (Å²) in [6.07, 6.45) is 0.174. The molecule has 0 aromatic rings. The molecule has 0 amide bonds. The van der Waals surface area contributed by atoms with Crippen LogP contribution in [0.2, 0.25) is 0 Å². The summed E-state index contributed by atoms with van der Waals surface area (Å²) in [6.45, 7) is 4.42. The second kappa shape index (κ2) is 9.09. The summed E-state index contributed by atoms with van der Waals surface area (Å²) < 4.78 is 10.7. The van der Waals surface area contributed by atoms with Crippen molar-refractivity contribution in [3.05, 3.63) is 0 Å². The molecular weight excluding hydrogens is 266 g/mol. The van der Waals surface area contributed by atoms with E-state index in [1.807, 2.05) is 14.0 Å². The van der Waals surface area contributed by atoms with Gasteiger partial charge in [0.15, 0.2) is 6.29 Å². The van der Waals surface area contributed by atoms with E-state index in [0.717, 1.165) is 13.1 Å². The Labute approximate surface area is 110 Å². The van der Waals surface area contributed by atoms with Gasteiger partial charge in [-0.3, -0.25) is 0 Å². The first-order valence-electron chi connectivity index (χ1n) is 5.34. The number of hydrogen-bond acceptors (Lipinski definition) is 5. The molecule has 7 nitrogen and oxygen atoms in total. The lowest BCUT2D eigenvalue weighted by molar-refractivity contribution is -0.159. The van der Waals surface area contributed by atoms with Crippen molar-refractivity contribution < 1.29 is 29.3 Å². The van der Waals surface area contributed by atoms with Gasteiger partial charge in [0.1, 0.15) is 0 Å². The van der Waals surface area contributed by atoms with Crippen molar-refractivity contribution in [1.29, 1.82) is 0 Å². The second-order valence-electron chi connectivity index (χ2n) is 3.72. The van der Waals surface area contributed by atoms with Crippen molar-refractivity contribution in [2.75, 3.05) is 32.6 Å². The highest BCUT2D eigenvalue weighted by atomic mass is 35.5. The van der Waals surface area contributed by atoms with Gasteiger partial charge in [0.25, 0.3) is 0 Å². The number of hydrogen-bond donors (Lipinski definition) is 2. The fraction of sp³-hybridized carbons (Fsp3) is 0.800. The monoisotopic (exact) mass is 283 g/mol. The number of likely N-dealkylation sites (N-methyl/N-ethyl adjacent to an activating group) is 1. The van der Waals surface area contributed by atoms with E-state index >= 15 is 0 Å². The van der Waals surface area contributed by atoms with Gasteiger partial charge in [-0.1, -0.05) is 0 Å². The Balaban J connectivity index is 0.000000411. The molecule has 2 N–H and O–H groups in total. The molecule has 1 saturated heterocycles. The van der Waals surface area contributed by atoms with Gasteiger partial charge in [-0.05, 0) is 14.0 Å². The largest absolute Gasteiger partial charge is 0.473 e. The summed E-state index contributed by atoms with van der Waals surface area (Å²) in [4.78, 5) is 20.4.